The number of halogens is 4. The molecule has 0 radical (unpaired) electrons. The molecule has 2 fully saturated rings. The largest absolute Gasteiger partial charge is 0.486 e. The zero-order valence-electron chi connectivity index (χ0n) is 25.2. The molecule has 2 aromatic heterocycles. The van der Waals surface area contributed by atoms with Crippen molar-refractivity contribution in [3.8, 4) is 17.0 Å². The normalized spacial score (nSPS) is 21.2. The van der Waals surface area contributed by atoms with Crippen molar-refractivity contribution in [2.75, 3.05) is 11.9 Å². The van der Waals surface area contributed by atoms with Gasteiger partial charge in [-0.05, 0) is 68.3 Å². The summed E-state index contributed by atoms with van der Waals surface area (Å²) >= 11 is 0. The number of nitrogens with one attached hydrogen (secondary N) is 3. The summed E-state index contributed by atoms with van der Waals surface area (Å²) in [6.07, 6.45) is -2.93. The van der Waals surface area contributed by atoms with E-state index in [9.17, 15) is 37.1 Å². The van der Waals surface area contributed by atoms with E-state index < -0.39 is 59.2 Å². The van der Waals surface area contributed by atoms with E-state index in [4.69, 9.17) is 10.5 Å². The number of alkyl halides is 3. The van der Waals surface area contributed by atoms with E-state index in [-0.39, 0.29) is 45.8 Å². The predicted octanol–water partition coefficient (Wildman–Crippen LogP) is 4.18. The third kappa shape index (κ3) is 5.14. The standard InChI is InChI=1S/C33H28F4N6O5/c1-30(8-9-30)43-29(46)41-21-12-18(11-17-3-2-10-39-24(17)21)27(44)40-15-32(47,33(35,36)37)22-13-20-26(48-23-14-31(20,23)28(38)45)25(42-22)16-4-6-19(34)7-5-16/h2-7,10-13,23,47H,8-9,14-15H2,1H3,(H2,38,45)(H,40,44)(H2,41,43,46)/t23?,31-,32?/m1/s1. The smallest absolute Gasteiger partial charge is 0.424 e. The quantitative estimate of drug-likeness (QED) is 0.176. The number of ether oxygens (including phenoxy) is 1. The van der Waals surface area contributed by atoms with Gasteiger partial charge in [0.15, 0.2) is 5.75 Å². The highest BCUT2D eigenvalue weighted by molar-refractivity contribution is 6.05. The number of primary amides is 1. The van der Waals surface area contributed by atoms with E-state index in [1.54, 1.807) is 12.1 Å². The Hall–Kier alpha value is -5.31. The molecule has 11 nitrogen and oxygen atoms in total. The van der Waals surface area contributed by atoms with Gasteiger partial charge in [0.2, 0.25) is 11.5 Å². The Morgan fingerprint density at radius 1 is 1.10 bits per heavy atom. The van der Waals surface area contributed by atoms with Crippen molar-refractivity contribution in [2.24, 2.45) is 5.73 Å². The van der Waals surface area contributed by atoms with Crippen molar-refractivity contribution in [2.45, 2.75) is 55.0 Å². The maximum Gasteiger partial charge on any atom is 0.424 e. The van der Waals surface area contributed by atoms with Gasteiger partial charge in [0.05, 0.1) is 23.4 Å². The van der Waals surface area contributed by atoms with E-state index in [0.29, 0.717) is 10.9 Å². The lowest BCUT2D eigenvalue weighted by Gasteiger charge is -2.31. The summed E-state index contributed by atoms with van der Waals surface area (Å²) in [6.45, 7) is 0.487. The maximum absolute atomic E-state index is 14.8. The van der Waals surface area contributed by atoms with Crippen LogP contribution in [-0.4, -0.2) is 57.3 Å². The van der Waals surface area contributed by atoms with Crippen LogP contribution in [0.15, 0.2) is 60.8 Å². The van der Waals surface area contributed by atoms with Crippen LogP contribution in [0.2, 0.25) is 0 Å². The lowest BCUT2D eigenvalue weighted by atomic mass is 9.89. The van der Waals surface area contributed by atoms with Crippen molar-refractivity contribution < 1.29 is 41.8 Å². The Morgan fingerprint density at radius 3 is 2.50 bits per heavy atom. The van der Waals surface area contributed by atoms with Crippen molar-refractivity contribution in [3.63, 3.8) is 0 Å². The second kappa shape index (κ2) is 10.6. The number of anilines is 1. The first kappa shape index (κ1) is 31.3. The molecule has 2 aliphatic carbocycles. The number of aliphatic hydroxyl groups is 1. The van der Waals surface area contributed by atoms with E-state index >= 15 is 0 Å². The fourth-order valence-electron chi connectivity index (χ4n) is 6.00. The highest BCUT2D eigenvalue weighted by Gasteiger charge is 2.69. The Labute approximate surface area is 269 Å². The summed E-state index contributed by atoms with van der Waals surface area (Å²) < 4.78 is 64.0. The number of carbonyl (C=O) groups excluding carboxylic acids is 3. The molecule has 3 aliphatic rings. The summed E-state index contributed by atoms with van der Waals surface area (Å²) in [5, 5.41) is 19.4. The molecule has 248 valence electrons. The number of rotatable bonds is 8. The van der Waals surface area contributed by atoms with Gasteiger partial charge in [-0.2, -0.15) is 13.2 Å². The summed E-state index contributed by atoms with van der Waals surface area (Å²) in [7, 11) is 0. The van der Waals surface area contributed by atoms with Crippen molar-refractivity contribution in [1.29, 1.82) is 0 Å². The Morgan fingerprint density at radius 2 is 1.83 bits per heavy atom. The van der Waals surface area contributed by atoms with E-state index in [0.717, 1.165) is 31.0 Å². The molecule has 2 aromatic carbocycles. The molecule has 4 amide bonds. The third-order valence-electron chi connectivity index (χ3n) is 9.20. The minimum Gasteiger partial charge on any atom is -0.486 e. The van der Waals surface area contributed by atoms with Gasteiger partial charge in [0.1, 0.15) is 23.0 Å². The topological polar surface area (TPSA) is 169 Å². The molecule has 2 unspecified atom stereocenters. The number of carbonyl (C=O) groups is 3. The van der Waals surface area contributed by atoms with Gasteiger partial charge in [-0.1, -0.05) is 6.07 Å². The van der Waals surface area contributed by atoms with Crippen LogP contribution >= 0.6 is 0 Å². The van der Waals surface area contributed by atoms with Crippen LogP contribution in [0.5, 0.6) is 5.75 Å². The van der Waals surface area contributed by atoms with Gasteiger partial charge in [0.25, 0.3) is 5.91 Å². The van der Waals surface area contributed by atoms with E-state index in [2.05, 4.69) is 25.9 Å². The second-order valence-corrected chi connectivity index (χ2v) is 12.7. The number of benzene rings is 2. The fourth-order valence-corrected chi connectivity index (χ4v) is 6.00. The SMILES string of the molecule is CC1(NC(=O)Nc2cc(C(=O)NCC(O)(c3cc4c(c(-c5ccc(F)cc5)n3)OC3C[C@@]43C(N)=O)C(F)(F)F)cc3cccnc23)CC1. The Balaban J connectivity index is 1.24. The lowest BCUT2D eigenvalue weighted by molar-refractivity contribution is -0.265. The number of hydrogen-bond acceptors (Lipinski definition) is 7. The van der Waals surface area contributed by atoms with Crippen molar-refractivity contribution >= 4 is 34.4 Å². The molecule has 0 saturated heterocycles. The zero-order valence-corrected chi connectivity index (χ0v) is 25.2. The molecule has 7 rings (SSSR count). The first-order chi connectivity index (χ1) is 22.6. The molecule has 1 aliphatic heterocycles. The average molecular weight is 665 g/mol. The summed E-state index contributed by atoms with van der Waals surface area (Å²) in [5.41, 5.74) is -0.450. The van der Waals surface area contributed by atoms with Gasteiger partial charge in [-0.15, -0.1) is 0 Å². The minimum absolute atomic E-state index is 0.00140. The lowest BCUT2D eigenvalue weighted by Crippen LogP contribution is -2.51. The minimum atomic E-state index is -5.39. The summed E-state index contributed by atoms with van der Waals surface area (Å²) in [6, 6.07) is 10.9. The molecule has 48 heavy (non-hydrogen) atoms. The number of fused-ring (bicyclic) bond motifs is 4. The fraction of sp³-hybridized carbons (Fsp3) is 0.303. The van der Waals surface area contributed by atoms with Crippen LogP contribution in [0.1, 0.15) is 47.8 Å². The number of pyridine rings is 2. The van der Waals surface area contributed by atoms with Gasteiger partial charge < -0.3 is 31.5 Å². The Bertz CT molecular complexity index is 2020. The molecule has 0 bridgehead atoms. The molecule has 3 atom stereocenters. The molecule has 2 saturated carbocycles. The van der Waals surface area contributed by atoms with E-state index in [1.807, 2.05) is 6.92 Å². The maximum atomic E-state index is 14.8. The summed E-state index contributed by atoms with van der Waals surface area (Å²) in [4.78, 5) is 46.9. The van der Waals surface area contributed by atoms with Crippen LogP contribution in [0.25, 0.3) is 22.2 Å². The van der Waals surface area contributed by atoms with E-state index in [1.165, 1.54) is 30.5 Å². The number of urea groups is 1. The van der Waals surface area contributed by atoms with Crippen LogP contribution in [-0.2, 0) is 15.8 Å². The molecule has 3 heterocycles. The van der Waals surface area contributed by atoms with Gasteiger partial charge >= 0.3 is 12.2 Å². The number of nitrogens with two attached hydrogens (primary N) is 1. The number of aromatic nitrogens is 2. The zero-order chi connectivity index (χ0) is 34.2. The average Bonchev–Trinajstić information content (AvgIpc) is 3.93. The number of nitrogens with zero attached hydrogens (tertiary/aromatic N) is 2. The summed E-state index contributed by atoms with van der Waals surface area (Å²) in [5.74, 6) is -2.44. The van der Waals surface area contributed by atoms with Crippen molar-refractivity contribution in [1.82, 2.24) is 20.6 Å². The first-order valence-electron chi connectivity index (χ1n) is 15.0. The molecular formula is C33H28F4N6O5. The predicted molar refractivity (Wildman–Crippen MR) is 163 cm³/mol. The molecule has 4 aromatic rings. The molecule has 0 spiro atoms. The van der Waals surface area contributed by atoms with Gasteiger partial charge in [-0.25, -0.2) is 14.2 Å². The first-order valence-corrected chi connectivity index (χ1v) is 15.0. The monoisotopic (exact) mass is 664 g/mol. The Kier molecular flexibility index (Phi) is 6.91. The highest BCUT2D eigenvalue weighted by atomic mass is 19.4. The second-order valence-electron chi connectivity index (χ2n) is 12.7. The van der Waals surface area contributed by atoms with Crippen LogP contribution in [0.3, 0.4) is 0 Å². The molecule has 15 heteroatoms. The van der Waals surface area contributed by atoms with Crippen molar-refractivity contribution in [3.05, 3.63) is 83.4 Å². The van der Waals surface area contributed by atoms with Crippen LogP contribution < -0.4 is 26.4 Å². The van der Waals surface area contributed by atoms with Crippen LogP contribution in [0, 0.1) is 5.82 Å². The third-order valence-corrected chi connectivity index (χ3v) is 9.20. The molecular weight excluding hydrogens is 636 g/mol. The van der Waals surface area contributed by atoms with Gasteiger partial charge in [-0.3, -0.25) is 14.6 Å². The van der Waals surface area contributed by atoms with Crippen LogP contribution in [0.4, 0.5) is 28.0 Å². The highest BCUT2D eigenvalue weighted by Crippen LogP contribution is 2.61. The number of hydrogen-bond donors (Lipinski definition) is 5. The van der Waals surface area contributed by atoms with Gasteiger partial charge in [0, 0.05) is 40.2 Å². The molecule has 6 N–H and O–H groups in total. The number of amides is 4.